The van der Waals surface area contributed by atoms with Gasteiger partial charge in [-0.05, 0) is 42.8 Å². The van der Waals surface area contributed by atoms with Crippen molar-refractivity contribution in [3.63, 3.8) is 0 Å². The van der Waals surface area contributed by atoms with E-state index in [1.807, 2.05) is 31.2 Å². The Balaban J connectivity index is 1.95. The maximum Gasteiger partial charge on any atom is 0.319 e. The largest absolute Gasteiger partial charge is 0.331 e. The van der Waals surface area contributed by atoms with Crippen LogP contribution >= 0.6 is 15.9 Å². The molecule has 0 aliphatic rings. The first-order chi connectivity index (χ1) is 9.54. The van der Waals surface area contributed by atoms with Gasteiger partial charge in [-0.2, -0.15) is 0 Å². The predicted molar refractivity (Wildman–Crippen MR) is 81.1 cm³/mol. The highest BCUT2D eigenvalue weighted by molar-refractivity contribution is 9.10. The Bertz CT molecular complexity index is 601. The van der Waals surface area contributed by atoms with Crippen molar-refractivity contribution in [3.8, 4) is 0 Å². The third kappa shape index (κ3) is 4.06. The van der Waals surface area contributed by atoms with Crippen LogP contribution in [-0.4, -0.2) is 6.03 Å². The summed E-state index contributed by atoms with van der Waals surface area (Å²) in [6, 6.07) is 12.9. The van der Waals surface area contributed by atoms with E-state index in [1.165, 1.54) is 12.1 Å². The molecule has 20 heavy (non-hydrogen) atoms. The number of carbonyl (C=O) groups excluding carboxylic acids is 1. The van der Waals surface area contributed by atoms with Gasteiger partial charge in [0, 0.05) is 10.2 Å². The fourth-order valence-corrected chi connectivity index (χ4v) is 2.03. The van der Waals surface area contributed by atoms with Crippen molar-refractivity contribution in [3.05, 3.63) is 64.4 Å². The average Bonchev–Trinajstić information content (AvgIpc) is 2.39. The molecular weight excluding hydrogens is 323 g/mol. The number of hydrogen-bond donors (Lipinski definition) is 2. The summed E-state index contributed by atoms with van der Waals surface area (Å²) in [7, 11) is 0. The zero-order chi connectivity index (χ0) is 14.5. The van der Waals surface area contributed by atoms with Crippen LogP contribution in [0.4, 0.5) is 14.9 Å². The highest BCUT2D eigenvalue weighted by Crippen LogP contribution is 2.17. The number of rotatable bonds is 3. The number of nitrogens with one attached hydrogen (secondary N) is 2. The Morgan fingerprint density at radius 2 is 1.90 bits per heavy atom. The molecule has 0 spiro atoms. The summed E-state index contributed by atoms with van der Waals surface area (Å²) in [6.07, 6.45) is 0. The average molecular weight is 337 g/mol. The van der Waals surface area contributed by atoms with E-state index in [2.05, 4.69) is 26.6 Å². The number of anilines is 1. The molecular formula is C15H14BrFN2O. The number of carbonyl (C=O) groups is 1. The highest BCUT2D eigenvalue weighted by Gasteiger charge is 2.09. The molecule has 1 atom stereocenters. The van der Waals surface area contributed by atoms with E-state index < -0.39 is 0 Å². The summed E-state index contributed by atoms with van der Waals surface area (Å²) >= 11 is 3.36. The molecule has 2 aromatic rings. The molecule has 0 saturated carbocycles. The van der Waals surface area contributed by atoms with Crippen LogP contribution in [0.15, 0.2) is 53.0 Å². The zero-order valence-corrected chi connectivity index (χ0v) is 12.4. The smallest absolute Gasteiger partial charge is 0.319 e. The fraction of sp³-hybridized carbons (Fsp3) is 0.133. The Labute approximate surface area is 125 Å². The van der Waals surface area contributed by atoms with Gasteiger partial charge in [-0.15, -0.1) is 0 Å². The first kappa shape index (κ1) is 14.5. The molecule has 0 aliphatic carbocycles. The van der Waals surface area contributed by atoms with E-state index >= 15 is 0 Å². The summed E-state index contributed by atoms with van der Waals surface area (Å²) in [5.74, 6) is -0.385. The minimum Gasteiger partial charge on any atom is -0.331 e. The second-order valence-corrected chi connectivity index (χ2v) is 5.30. The topological polar surface area (TPSA) is 41.1 Å². The zero-order valence-electron chi connectivity index (χ0n) is 10.9. The van der Waals surface area contributed by atoms with Gasteiger partial charge < -0.3 is 10.6 Å². The lowest BCUT2D eigenvalue weighted by Gasteiger charge is -2.15. The van der Waals surface area contributed by atoms with Crippen LogP contribution in [0.1, 0.15) is 18.5 Å². The Morgan fingerprint density at radius 3 is 2.55 bits per heavy atom. The molecule has 2 rings (SSSR count). The molecule has 1 unspecified atom stereocenters. The van der Waals surface area contributed by atoms with Crippen LogP contribution in [0.5, 0.6) is 0 Å². The molecule has 0 bridgehead atoms. The Morgan fingerprint density at radius 1 is 1.20 bits per heavy atom. The minimum absolute atomic E-state index is 0.142. The number of benzene rings is 2. The van der Waals surface area contributed by atoms with Crippen molar-refractivity contribution < 1.29 is 9.18 Å². The van der Waals surface area contributed by atoms with E-state index in [0.717, 1.165) is 10.0 Å². The number of urea groups is 1. The summed E-state index contributed by atoms with van der Waals surface area (Å²) in [5.41, 5.74) is 1.41. The third-order valence-electron chi connectivity index (χ3n) is 2.80. The maximum atomic E-state index is 13.0. The molecule has 104 valence electrons. The summed E-state index contributed by atoms with van der Waals surface area (Å²) in [6.45, 7) is 1.88. The molecule has 2 aromatic carbocycles. The first-order valence-electron chi connectivity index (χ1n) is 6.13. The molecule has 0 aromatic heterocycles. The van der Waals surface area contributed by atoms with Crippen LogP contribution in [0, 0.1) is 5.82 Å². The van der Waals surface area contributed by atoms with E-state index in [0.29, 0.717) is 5.69 Å². The van der Waals surface area contributed by atoms with Crippen molar-refractivity contribution >= 4 is 27.6 Å². The van der Waals surface area contributed by atoms with Gasteiger partial charge in [0.25, 0.3) is 0 Å². The normalized spacial score (nSPS) is 11.8. The predicted octanol–water partition coefficient (Wildman–Crippen LogP) is 4.47. The molecule has 0 saturated heterocycles. The van der Waals surface area contributed by atoms with Crippen LogP contribution in [-0.2, 0) is 0 Å². The van der Waals surface area contributed by atoms with Crippen molar-refractivity contribution in [2.75, 3.05) is 5.32 Å². The molecule has 0 heterocycles. The molecule has 0 aliphatic heterocycles. The maximum absolute atomic E-state index is 13.0. The molecule has 0 fully saturated rings. The van der Waals surface area contributed by atoms with Gasteiger partial charge in [-0.25, -0.2) is 9.18 Å². The van der Waals surface area contributed by atoms with Crippen molar-refractivity contribution in [2.24, 2.45) is 0 Å². The number of amides is 2. The van der Waals surface area contributed by atoms with E-state index in [-0.39, 0.29) is 17.9 Å². The van der Waals surface area contributed by atoms with Crippen LogP contribution in [0.2, 0.25) is 0 Å². The van der Waals surface area contributed by atoms with Crippen LogP contribution in [0.3, 0.4) is 0 Å². The molecule has 2 N–H and O–H groups in total. The van der Waals surface area contributed by atoms with Gasteiger partial charge in [-0.1, -0.05) is 34.1 Å². The second-order valence-electron chi connectivity index (χ2n) is 4.38. The first-order valence-corrected chi connectivity index (χ1v) is 6.92. The van der Waals surface area contributed by atoms with Gasteiger partial charge in [0.1, 0.15) is 5.82 Å². The third-order valence-corrected chi connectivity index (χ3v) is 3.33. The number of hydrogen-bond acceptors (Lipinski definition) is 1. The lowest BCUT2D eigenvalue weighted by molar-refractivity contribution is 0.249. The lowest BCUT2D eigenvalue weighted by Crippen LogP contribution is -2.31. The second kappa shape index (κ2) is 6.52. The van der Waals surface area contributed by atoms with Crippen molar-refractivity contribution in [1.82, 2.24) is 5.32 Å². The number of halogens is 2. The van der Waals surface area contributed by atoms with E-state index in [1.54, 1.807) is 12.1 Å². The van der Waals surface area contributed by atoms with E-state index in [4.69, 9.17) is 0 Å². The Hall–Kier alpha value is -1.88. The Kier molecular flexibility index (Phi) is 4.74. The molecule has 0 radical (unpaired) electrons. The van der Waals surface area contributed by atoms with Crippen LogP contribution < -0.4 is 10.6 Å². The summed E-state index contributed by atoms with van der Waals surface area (Å²) in [5, 5.41) is 5.39. The van der Waals surface area contributed by atoms with Gasteiger partial charge in [-0.3, -0.25) is 0 Å². The lowest BCUT2D eigenvalue weighted by atomic mass is 10.1. The quantitative estimate of drug-likeness (QED) is 0.852. The monoisotopic (exact) mass is 336 g/mol. The SMILES string of the molecule is CC(NC(=O)Nc1cccc(F)c1)c1ccc(Br)cc1. The summed E-state index contributed by atoms with van der Waals surface area (Å²) in [4.78, 5) is 11.8. The highest BCUT2D eigenvalue weighted by atomic mass is 79.9. The molecule has 3 nitrogen and oxygen atoms in total. The summed E-state index contributed by atoms with van der Waals surface area (Å²) < 4.78 is 14.0. The van der Waals surface area contributed by atoms with Crippen molar-refractivity contribution in [2.45, 2.75) is 13.0 Å². The van der Waals surface area contributed by atoms with Crippen molar-refractivity contribution in [1.29, 1.82) is 0 Å². The van der Waals surface area contributed by atoms with Crippen LogP contribution in [0.25, 0.3) is 0 Å². The standard InChI is InChI=1S/C15H14BrFN2O/c1-10(11-5-7-12(16)8-6-11)18-15(20)19-14-4-2-3-13(17)9-14/h2-10H,1H3,(H2,18,19,20). The van der Waals surface area contributed by atoms with Gasteiger partial charge in [0.15, 0.2) is 0 Å². The fourth-order valence-electron chi connectivity index (χ4n) is 1.76. The van der Waals surface area contributed by atoms with Gasteiger partial charge >= 0.3 is 6.03 Å². The molecule has 5 heteroatoms. The molecule has 2 amide bonds. The van der Waals surface area contributed by atoms with E-state index in [9.17, 15) is 9.18 Å². The van der Waals surface area contributed by atoms with Gasteiger partial charge in [0.05, 0.1) is 6.04 Å². The van der Waals surface area contributed by atoms with Gasteiger partial charge in [0.2, 0.25) is 0 Å². The minimum atomic E-state index is -0.385.